The molecule has 0 aliphatic rings. The van der Waals surface area contributed by atoms with Gasteiger partial charge in [-0.3, -0.25) is 4.90 Å². The number of hydrogen-bond donors (Lipinski definition) is 1. The molecule has 0 bridgehead atoms. The van der Waals surface area contributed by atoms with Gasteiger partial charge in [-0.05, 0) is 39.7 Å². The number of hydrogen-bond acceptors (Lipinski definition) is 2. The zero-order chi connectivity index (χ0) is 14.5. The van der Waals surface area contributed by atoms with Gasteiger partial charge in [0.15, 0.2) is 0 Å². The van der Waals surface area contributed by atoms with Gasteiger partial charge in [0.1, 0.15) is 5.75 Å². The second-order valence-corrected chi connectivity index (χ2v) is 5.08. The van der Waals surface area contributed by atoms with Crippen LogP contribution in [0.4, 0.5) is 10.5 Å². The molecule has 0 radical (unpaired) electrons. The number of anilines is 1. The summed E-state index contributed by atoms with van der Waals surface area (Å²) in [5.74, 6) is 0.713. The summed E-state index contributed by atoms with van der Waals surface area (Å²) in [5, 5.41) is 0. The number of carbonyl (C=O) groups excluding carboxylic acids is 1. The van der Waals surface area contributed by atoms with E-state index >= 15 is 0 Å². The van der Waals surface area contributed by atoms with Gasteiger partial charge in [0.2, 0.25) is 0 Å². The van der Waals surface area contributed by atoms with Crippen LogP contribution in [0, 0.1) is 0 Å². The molecular weight excluding hydrogens is 320 g/mol. The van der Waals surface area contributed by atoms with Crippen molar-refractivity contribution in [1.82, 2.24) is 0 Å². The van der Waals surface area contributed by atoms with Gasteiger partial charge >= 0.3 is 6.03 Å². The molecule has 2 amide bonds. The Balaban J connectivity index is 2.32. The molecule has 2 N–H and O–H groups in total. The summed E-state index contributed by atoms with van der Waals surface area (Å²) in [7, 11) is 1.59. The summed E-state index contributed by atoms with van der Waals surface area (Å²) in [6.45, 7) is 0.418. The number of halogens is 1. The van der Waals surface area contributed by atoms with Crippen molar-refractivity contribution in [2.45, 2.75) is 6.54 Å². The minimum Gasteiger partial charge on any atom is -0.497 e. The highest BCUT2D eigenvalue weighted by Crippen LogP contribution is 2.31. The molecule has 2 aromatic carbocycles. The van der Waals surface area contributed by atoms with Crippen LogP contribution in [0.25, 0.3) is 0 Å². The lowest BCUT2D eigenvalue weighted by molar-refractivity contribution is 0.253. The van der Waals surface area contributed by atoms with Crippen molar-refractivity contribution in [3.05, 3.63) is 58.6 Å². The van der Waals surface area contributed by atoms with E-state index in [2.05, 4.69) is 15.9 Å². The zero-order valence-corrected chi connectivity index (χ0v) is 12.6. The summed E-state index contributed by atoms with van der Waals surface area (Å²) >= 11 is 3.44. The van der Waals surface area contributed by atoms with Crippen LogP contribution < -0.4 is 15.4 Å². The Kier molecular flexibility index (Phi) is 4.63. The van der Waals surface area contributed by atoms with Gasteiger partial charge in [-0.1, -0.05) is 30.3 Å². The van der Waals surface area contributed by atoms with Gasteiger partial charge in [-0.2, -0.15) is 0 Å². The Bertz CT molecular complexity index is 602. The fourth-order valence-electron chi connectivity index (χ4n) is 1.88. The molecule has 104 valence electrons. The van der Waals surface area contributed by atoms with Crippen LogP contribution in [-0.2, 0) is 6.54 Å². The highest BCUT2D eigenvalue weighted by molar-refractivity contribution is 9.10. The average Bonchev–Trinajstić information content (AvgIpc) is 2.46. The molecule has 4 nitrogen and oxygen atoms in total. The largest absolute Gasteiger partial charge is 0.497 e. The number of rotatable bonds is 4. The number of benzene rings is 2. The summed E-state index contributed by atoms with van der Waals surface area (Å²) in [4.78, 5) is 13.2. The molecule has 0 fully saturated rings. The van der Waals surface area contributed by atoms with E-state index in [1.165, 1.54) is 4.90 Å². The molecule has 0 saturated heterocycles. The lowest BCUT2D eigenvalue weighted by atomic mass is 10.2. The normalized spacial score (nSPS) is 10.1. The fourth-order valence-corrected chi connectivity index (χ4v) is 2.45. The quantitative estimate of drug-likeness (QED) is 0.929. The van der Waals surface area contributed by atoms with E-state index in [0.717, 1.165) is 10.0 Å². The zero-order valence-electron chi connectivity index (χ0n) is 11.0. The van der Waals surface area contributed by atoms with Crippen molar-refractivity contribution in [2.24, 2.45) is 5.73 Å². The number of urea groups is 1. The molecule has 0 atom stereocenters. The number of nitrogens with zero attached hydrogens (tertiary/aromatic N) is 1. The maximum absolute atomic E-state index is 11.7. The maximum Gasteiger partial charge on any atom is 0.319 e. The van der Waals surface area contributed by atoms with Gasteiger partial charge in [-0.15, -0.1) is 0 Å². The third-order valence-corrected chi connectivity index (χ3v) is 3.53. The van der Waals surface area contributed by atoms with Crippen molar-refractivity contribution in [1.29, 1.82) is 0 Å². The Morgan fingerprint density at radius 3 is 2.50 bits per heavy atom. The first-order chi connectivity index (χ1) is 9.61. The van der Waals surface area contributed by atoms with Crippen molar-refractivity contribution < 1.29 is 9.53 Å². The summed E-state index contributed by atoms with van der Waals surface area (Å²) in [5.41, 5.74) is 7.21. The lowest BCUT2D eigenvalue weighted by Crippen LogP contribution is -2.35. The molecule has 0 unspecified atom stereocenters. The Morgan fingerprint density at radius 1 is 1.25 bits per heavy atom. The molecule has 0 saturated carbocycles. The van der Waals surface area contributed by atoms with Crippen LogP contribution >= 0.6 is 15.9 Å². The van der Waals surface area contributed by atoms with Crippen molar-refractivity contribution in [2.75, 3.05) is 12.0 Å². The second-order valence-electron chi connectivity index (χ2n) is 4.23. The van der Waals surface area contributed by atoms with Crippen LogP contribution in [-0.4, -0.2) is 13.1 Å². The SMILES string of the molecule is COc1ccc(N(Cc2ccccc2)C(N)=O)c(Br)c1. The summed E-state index contributed by atoms with van der Waals surface area (Å²) < 4.78 is 5.90. The smallest absolute Gasteiger partial charge is 0.319 e. The molecule has 20 heavy (non-hydrogen) atoms. The van der Waals surface area contributed by atoms with Gasteiger partial charge in [-0.25, -0.2) is 4.79 Å². The van der Waals surface area contributed by atoms with E-state index in [1.807, 2.05) is 30.3 Å². The van der Waals surface area contributed by atoms with E-state index < -0.39 is 6.03 Å². The number of ether oxygens (including phenoxy) is 1. The highest BCUT2D eigenvalue weighted by atomic mass is 79.9. The van der Waals surface area contributed by atoms with Crippen molar-refractivity contribution in [3.63, 3.8) is 0 Å². The minimum atomic E-state index is -0.500. The summed E-state index contributed by atoms with van der Waals surface area (Å²) in [6, 6.07) is 14.6. The first-order valence-electron chi connectivity index (χ1n) is 6.06. The monoisotopic (exact) mass is 334 g/mol. The minimum absolute atomic E-state index is 0.418. The molecular formula is C15H15BrN2O2. The fraction of sp³-hybridized carbons (Fsp3) is 0.133. The Labute approximate surface area is 126 Å². The lowest BCUT2D eigenvalue weighted by Gasteiger charge is -2.22. The first-order valence-corrected chi connectivity index (χ1v) is 6.85. The van der Waals surface area contributed by atoms with Gasteiger partial charge in [0, 0.05) is 4.47 Å². The topological polar surface area (TPSA) is 55.6 Å². The predicted molar refractivity (Wildman–Crippen MR) is 82.9 cm³/mol. The number of primary amides is 1. The van der Waals surface area contributed by atoms with E-state index in [-0.39, 0.29) is 0 Å². The number of carbonyl (C=O) groups is 1. The molecule has 5 heteroatoms. The highest BCUT2D eigenvalue weighted by Gasteiger charge is 2.16. The second kappa shape index (κ2) is 6.43. The molecule has 0 aliphatic heterocycles. The number of nitrogens with two attached hydrogens (primary N) is 1. The third kappa shape index (κ3) is 3.30. The van der Waals surface area contributed by atoms with E-state index in [9.17, 15) is 4.79 Å². The first kappa shape index (κ1) is 14.4. The summed E-state index contributed by atoms with van der Waals surface area (Å²) in [6.07, 6.45) is 0. The number of methoxy groups -OCH3 is 1. The predicted octanol–water partition coefficient (Wildman–Crippen LogP) is 3.54. The van der Waals surface area contributed by atoms with Crippen LogP contribution in [0.3, 0.4) is 0 Å². The van der Waals surface area contributed by atoms with Crippen LogP contribution in [0.2, 0.25) is 0 Å². The van der Waals surface area contributed by atoms with Gasteiger partial charge in [0.25, 0.3) is 0 Å². The number of amides is 2. The van der Waals surface area contributed by atoms with Crippen LogP contribution in [0.15, 0.2) is 53.0 Å². The Morgan fingerprint density at radius 2 is 1.95 bits per heavy atom. The van der Waals surface area contributed by atoms with Gasteiger partial charge < -0.3 is 10.5 Å². The van der Waals surface area contributed by atoms with E-state index in [4.69, 9.17) is 10.5 Å². The van der Waals surface area contributed by atoms with E-state index in [0.29, 0.717) is 18.0 Å². The maximum atomic E-state index is 11.7. The van der Waals surface area contributed by atoms with E-state index in [1.54, 1.807) is 25.3 Å². The van der Waals surface area contributed by atoms with Crippen LogP contribution in [0.5, 0.6) is 5.75 Å². The molecule has 2 rings (SSSR count). The van der Waals surface area contributed by atoms with Gasteiger partial charge in [0.05, 0.1) is 19.3 Å². The average molecular weight is 335 g/mol. The van der Waals surface area contributed by atoms with Crippen LogP contribution in [0.1, 0.15) is 5.56 Å². The molecule has 0 aliphatic carbocycles. The molecule has 0 heterocycles. The molecule has 2 aromatic rings. The van der Waals surface area contributed by atoms with Crippen molar-refractivity contribution in [3.8, 4) is 5.75 Å². The molecule has 0 aromatic heterocycles. The third-order valence-electron chi connectivity index (χ3n) is 2.90. The van der Waals surface area contributed by atoms with Crippen molar-refractivity contribution >= 4 is 27.6 Å². The Hall–Kier alpha value is -2.01. The molecule has 0 spiro atoms. The standard InChI is InChI=1S/C15H15BrN2O2/c1-20-12-7-8-14(13(16)9-12)18(15(17)19)10-11-5-3-2-4-6-11/h2-9H,10H2,1H3,(H2,17,19).